The van der Waals surface area contributed by atoms with E-state index in [1.165, 1.54) is 25.7 Å². The molecule has 0 fully saturated rings. The van der Waals surface area contributed by atoms with Crippen LogP contribution in [0.4, 0.5) is 0 Å². The highest BCUT2D eigenvalue weighted by Crippen LogP contribution is 2.14. The highest BCUT2D eigenvalue weighted by molar-refractivity contribution is 4.95. The second-order valence-corrected chi connectivity index (χ2v) is 4.29. The first-order chi connectivity index (χ1) is 7.26. The van der Waals surface area contributed by atoms with Gasteiger partial charge < -0.3 is 5.32 Å². The summed E-state index contributed by atoms with van der Waals surface area (Å²) in [7, 11) is 0. The van der Waals surface area contributed by atoms with Crippen LogP contribution in [0, 0.1) is 17.8 Å². The van der Waals surface area contributed by atoms with Crippen molar-refractivity contribution >= 4 is 0 Å². The van der Waals surface area contributed by atoms with Crippen LogP contribution < -0.4 is 5.32 Å². The summed E-state index contributed by atoms with van der Waals surface area (Å²) in [6.45, 7) is 9.90. The molecule has 0 amide bonds. The molecule has 1 nitrogen and oxygen atoms in total. The summed E-state index contributed by atoms with van der Waals surface area (Å²) in [5, 5.41) is 3.65. The smallest absolute Gasteiger partial charge is 0.0103 e. The molecule has 0 saturated heterocycles. The molecule has 2 atom stereocenters. The highest BCUT2D eigenvalue weighted by Gasteiger charge is 2.14. The lowest BCUT2D eigenvalue weighted by molar-refractivity contribution is 0.340. The second-order valence-electron chi connectivity index (χ2n) is 4.29. The molecule has 0 bridgehead atoms. The third kappa shape index (κ3) is 7.45. The van der Waals surface area contributed by atoms with Crippen molar-refractivity contribution in [1.29, 1.82) is 0 Å². The van der Waals surface area contributed by atoms with Crippen LogP contribution in [0.1, 0.15) is 59.8 Å². The Morgan fingerprint density at radius 1 is 1.13 bits per heavy atom. The molecular formula is C14H27N. The van der Waals surface area contributed by atoms with E-state index in [9.17, 15) is 0 Å². The van der Waals surface area contributed by atoms with Crippen molar-refractivity contribution < 1.29 is 0 Å². The average molecular weight is 209 g/mol. The van der Waals surface area contributed by atoms with Gasteiger partial charge in [-0.15, -0.1) is 11.8 Å². The Morgan fingerprint density at radius 3 is 2.40 bits per heavy atom. The van der Waals surface area contributed by atoms with E-state index in [-0.39, 0.29) is 0 Å². The lowest BCUT2D eigenvalue weighted by atomic mass is 9.93. The van der Waals surface area contributed by atoms with E-state index in [2.05, 4.69) is 37.9 Å². The van der Waals surface area contributed by atoms with Crippen molar-refractivity contribution in [3.05, 3.63) is 0 Å². The van der Waals surface area contributed by atoms with Crippen molar-refractivity contribution in [2.45, 2.75) is 65.8 Å². The molecule has 1 heteroatoms. The Kier molecular flexibility index (Phi) is 9.73. The molecule has 0 spiro atoms. The van der Waals surface area contributed by atoms with Crippen LogP contribution in [0.5, 0.6) is 0 Å². The number of nitrogens with one attached hydrogen (secondary N) is 1. The Balaban J connectivity index is 3.95. The zero-order chi connectivity index (χ0) is 11.5. The molecule has 0 aliphatic rings. The number of hydrogen-bond acceptors (Lipinski definition) is 1. The molecule has 0 aromatic rings. The molecule has 0 aromatic heterocycles. The Bertz CT molecular complexity index is 187. The molecule has 1 N–H and O–H groups in total. The van der Waals surface area contributed by atoms with Gasteiger partial charge >= 0.3 is 0 Å². The zero-order valence-corrected chi connectivity index (χ0v) is 10.9. The van der Waals surface area contributed by atoms with Gasteiger partial charge in [-0.05, 0) is 38.6 Å². The van der Waals surface area contributed by atoms with Crippen molar-refractivity contribution in [3.63, 3.8) is 0 Å². The van der Waals surface area contributed by atoms with Crippen LogP contribution in [-0.2, 0) is 0 Å². The van der Waals surface area contributed by atoms with Crippen LogP contribution in [0.15, 0.2) is 0 Å². The first-order valence-corrected chi connectivity index (χ1v) is 6.39. The Hall–Kier alpha value is -0.480. The monoisotopic (exact) mass is 209 g/mol. The molecule has 0 aromatic carbocycles. The molecule has 0 rings (SSSR count). The quantitative estimate of drug-likeness (QED) is 0.602. The summed E-state index contributed by atoms with van der Waals surface area (Å²) in [4.78, 5) is 0. The maximum absolute atomic E-state index is 3.65. The SMILES string of the molecule is CC#CCCC(NCCC)C(C)CCC. The third-order valence-electron chi connectivity index (χ3n) is 2.84. The molecular weight excluding hydrogens is 182 g/mol. The molecule has 15 heavy (non-hydrogen) atoms. The highest BCUT2D eigenvalue weighted by atomic mass is 14.9. The summed E-state index contributed by atoms with van der Waals surface area (Å²) in [5.74, 6) is 6.91. The number of hydrogen-bond donors (Lipinski definition) is 1. The van der Waals surface area contributed by atoms with Crippen molar-refractivity contribution in [2.24, 2.45) is 5.92 Å². The standard InChI is InChI=1S/C14H27N/c1-5-8-9-11-14(15-12-7-3)13(4)10-6-2/h13-15H,6-7,9-12H2,1-4H3. The van der Waals surface area contributed by atoms with Crippen LogP contribution in [0.3, 0.4) is 0 Å². The molecule has 2 unspecified atom stereocenters. The molecule has 0 aliphatic heterocycles. The molecule has 0 heterocycles. The van der Waals surface area contributed by atoms with Gasteiger partial charge in [0.05, 0.1) is 0 Å². The van der Waals surface area contributed by atoms with Crippen LogP contribution >= 0.6 is 0 Å². The van der Waals surface area contributed by atoms with E-state index in [0.717, 1.165) is 18.9 Å². The van der Waals surface area contributed by atoms with Gasteiger partial charge in [0.1, 0.15) is 0 Å². The van der Waals surface area contributed by atoms with Gasteiger partial charge in [-0.25, -0.2) is 0 Å². The van der Waals surface area contributed by atoms with E-state index < -0.39 is 0 Å². The molecule has 88 valence electrons. The first-order valence-electron chi connectivity index (χ1n) is 6.39. The van der Waals surface area contributed by atoms with E-state index in [4.69, 9.17) is 0 Å². The van der Waals surface area contributed by atoms with Crippen molar-refractivity contribution in [1.82, 2.24) is 5.32 Å². The summed E-state index contributed by atoms with van der Waals surface area (Å²) >= 11 is 0. The number of rotatable bonds is 8. The predicted molar refractivity (Wildman–Crippen MR) is 68.8 cm³/mol. The summed E-state index contributed by atoms with van der Waals surface area (Å²) in [5.41, 5.74) is 0. The van der Waals surface area contributed by atoms with Gasteiger partial charge in [-0.3, -0.25) is 0 Å². The minimum absolute atomic E-state index is 0.658. The van der Waals surface area contributed by atoms with Crippen molar-refractivity contribution in [2.75, 3.05) is 6.54 Å². The minimum Gasteiger partial charge on any atom is -0.314 e. The topological polar surface area (TPSA) is 12.0 Å². The normalized spacial score (nSPS) is 14.1. The lowest BCUT2D eigenvalue weighted by Crippen LogP contribution is -2.35. The van der Waals surface area contributed by atoms with E-state index >= 15 is 0 Å². The van der Waals surface area contributed by atoms with Gasteiger partial charge in [0.25, 0.3) is 0 Å². The second kappa shape index (κ2) is 10.1. The average Bonchev–Trinajstić information content (AvgIpc) is 2.23. The zero-order valence-electron chi connectivity index (χ0n) is 10.9. The molecule has 0 saturated carbocycles. The fraction of sp³-hybridized carbons (Fsp3) is 0.857. The van der Waals surface area contributed by atoms with Crippen LogP contribution in [-0.4, -0.2) is 12.6 Å². The van der Waals surface area contributed by atoms with Crippen LogP contribution in [0.2, 0.25) is 0 Å². The summed E-state index contributed by atoms with van der Waals surface area (Å²) in [6.07, 6.45) is 6.05. The van der Waals surface area contributed by atoms with Gasteiger partial charge in [0.15, 0.2) is 0 Å². The summed E-state index contributed by atoms with van der Waals surface area (Å²) < 4.78 is 0. The fourth-order valence-electron chi connectivity index (χ4n) is 1.93. The van der Waals surface area contributed by atoms with Gasteiger partial charge in [-0.2, -0.15) is 0 Å². The van der Waals surface area contributed by atoms with E-state index in [0.29, 0.717) is 6.04 Å². The van der Waals surface area contributed by atoms with E-state index in [1.54, 1.807) is 0 Å². The summed E-state index contributed by atoms with van der Waals surface area (Å²) in [6, 6.07) is 0.658. The Morgan fingerprint density at radius 2 is 1.87 bits per heavy atom. The first kappa shape index (κ1) is 14.5. The largest absolute Gasteiger partial charge is 0.314 e. The van der Waals surface area contributed by atoms with Gasteiger partial charge in [0, 0.05) is 12.5 Å². The van der Waals surface area contributed by atoms with Crippen LogP contribution in [0.25, 0.3) is 0 Å². The van der Waals surface area contributed by atoms with Gasteiger partial charge in [0.2, 0.25) is 0 Å². The molecule has 0 radical (unpaired) electrons. The maximum atomic E-state index is 3.65. The lowest BCUT2D eigenvalue weighted by Gasteiger charge is -2.24. The minimum atomic E-state index is 0.658. The third-order valence-corrected chi connectivity index (χ3v) is 2.84. The van der Waals surface area contributed by atoms with E-state index in [1.807, 2.05) is 6.92 Å². The maximum Gasteiger partial charge on any atom is 0.0103 e. The van der Waals surface area contributed by atoms with Crippen molar-refractivity contribution in [3.8, 4) is 11.8 Å². The Labute approximate surface area is 96.0 Å². The fourth-order valence-corrected chi connectivity index (χ4v) is 1.93. The van der Waals surface area contributed by atoms with Gasteiger partial charge in [-0.1, -0.05) is 27.2 Å². The molecule has 0 aliphatic carbocycles. The predicted octanol–water partition coefficient (Wildman–Crippen LogP) is 3.59.